The maximum atomic E-state index is 12.1. The van der Waals surface area contributed by atoms with E-state index in [2.05, 4.69) is 31.0 Å². The number of hydrogen-bond donors (Lipinski definition) is 2. The first-order chi connectivity index (χ1) is 12.1. The molecular weight excluding hydrogens is 382 g/mol. The van der Waals surface area contributed by atoms with Gasteiger partial charge in [-0.3, -0.25) is 9.69 Å². The molecule has 2 aromatic carbocycles. The van der Waals surface area contributed by atoms with Crippen LogP contribution in [-0.4, -0.2) is 48.6 Å². The van der Waals surface area contributed by atoms with Gasteiger partial charge in [0.1, 0.15) is 5.75 Å². The van der Waals surface area contributed by atoms with Gasteiger partial charge in [-0.25, -0.2) is 0 Å². The number of phenolic OH excluding ortho intramolecular Hbond substituents is 1. The molecule has 1 heterocycles. The highest BCUT2D eigenvalue weighted by atomic mass is 79.9. The number of nitrogens with zero attached hydrogens (tertiary/aromatic N) is 2. The number of nitrogens with one attached hydrogen (secondary N) is 1. The molecule has 1 saturated heterocycles. The number of halogens is 1. The molecule has 132 valence electrons. The maximum absolute atomic E-state index is 12.1. The SMILES string of the molecule is O=C(CCN1CCN(c2ccc(O)cc2)CC1)Nc1ccc(Br)cc1. The molecule has 25 heavy (non-hydrogen) atoms. The molecule has 0 saturated carbocycles. The van der Waals surface area contributed by atoms with Gasteiger partial charge < -0.3 is 15.3 Å². The van der Waals surface area contributed by atoms with Gasteiger partial charge in [-0.15, -0.1) is 0 Å². The third kappa shape index (κ3) is 5.21. The number of anilines is 2. The monoisotopic (exact) mass is 403 g/mol. The van der Waals surface area contributed by atoms with Gasteiger partial charge in [0.2, 0.25) is 5.91 Å². The number of phenols is 1. The van der Waals surface area contributed by atoms with E-state index in [1.807, 2.05) is 36.4 Å². The number of carbonyl (C=O) groups is 1. The molecule has 0 spiro atoms. The van der Waals surface area contributed by atoms with Crippen molar-refractivity contribution < 1.29 is 9.90 Å². The lowest BCUT2D eigenvalue weighted by molar-refractivity contribution is -0.116. The predicted molar refractivity (Wildman–Crippen MR) is 104 cm³/mol. The van der Waals surface area contributed by atoms with E-state index in [0.29, 0.717) is 12.2 Å². The summed E-state index contributed by atoms with van der Waals surface area (Å²) in [6.07, 6.45) is 0.495. The third-order valence-corrected chi connectivity index (χ3v) is 4.90. The highest BCUT2D eigenvalue weighted by Gasteiger charge is 2.17. The molecule has 2 N–H and O–H groups in total. The summed E-state index contributed by atoms with van der Waals surface area (Å²) in [6, 6.07) is 14.9. The number of hydrogen-bond acceptors (Lipinski definition) is 4. The minimum absolute atomic E-state index is 0.0447. The zero-order valence-corrected chi connectivity index (χ0v) is 15.6. The van der Waals surface area contributed by atoms with Gasteiger partial charge in [0.15, 0.2) is 0 Å². The van der Waals surface area contributed by atoms with Gasteiger partial charge in [0, 0.05) is 55.0 Å². The van der Waals surface area contributed by atoms with Crippen LogP contribution < -0.4 is 10.2 Å². The van der Waals surface area contributed by atoms with E-state index in [1.54, 1.807) is 12.1 Å². The normalized spacial score (nSPS) is 15.2. The fourth-order valence-corrected chi connectivity index (χ4v) is 3.17. The quantitative estimate of drug-likeness (QED) is 0.803. The third-order valence-electron chi connectivity index (χ3n) is 4.37. The Morgan fingerprint density at radius 3 is 2.28 bits per heavy atom. The van der Waals surface area contributed by atoms with Gasteiger partial charge >= 0.3 is 0 Å². The van der Waals surface area contributed by atoms with Gasteiger partial charge in [-0.05, 0) is 48.5 Å². The summed E-state index contributed by atoms with van der Waals surface area (Å²) in [5.74, 6) is 0.336. The average molecular weight is 404 g/mol. The van der Waals surface area contributed by atoms with E-state index in [0.717, 1.165) is 48.6 Å². The van der Waals surface area contributed by atoms with Crippen molar-refractivity contribution in [1.82, 2.24) is 4.90 Å². The van der Waals surface area contributed by atoms with Crippen LogP contribution in [0.2, 0.25) is 0 Å². The molecule has 2 aromatic rings. The van der Waals surface area contributed by atoms with Crippen LogP contribution in [0.3, 0.4) is 0 Å². The Hall–Kier alpha value is -2.05. The van der Waals surface area contributed by atoms with Crippen LogP contribution in [0.1, 0.15) is 6.42 Å². The van der Waals surface area contributed by atoms with E-state index in [4.69, 9.17) is 0 Å². The Bertz CT molecular complexity index is 696. The molecule has 0 radical (unpaired) electrons. The highest BCUT2D eigenvalue weighted by molar-refractivity contribution is 9.10. The lowest BCUT2D eigenvalue weighted by atomic mass is 10.2. The van der Waals surface area contributed by atoms with Gasteiger partial charge in [-0.1, -0.05) is 15.9 Å². The molecule has 3 rings (SSSR count). The fraction of sp³-hybridized carbons (Fsp3) is 0.316. The molecule has 0 bridgehead atoms. The van der Waals surface area contributed by atoms with Crippen molar-refractivity contribution in [2.75, 3.05) is 42.9 Å². The standard InChI is InChI=1S/C19H22BrN3O2/c20-15-1-3-16(4-2-15)21-19(25)9-10-22-11-13-23(14-12-22)17-5-7-18(24)8-6-17/h1-8,24H,9-14H2,(H,21,25). The molecule has 0 aliphatic carbocycles. The number of benzene rings is 2. The average Bonchev–Trinajstić information content (AvgIpc) is 2.63. The molecule has 0 unspecified atom stereocenters. The molecule has 1 aliphatic heterocycles. The zero-order valence-electron chi connectivity index (χ0n) is 14.0. The zero-order chi connectivity index (χ0) is 17.6. The summed E-state index contributed by atoms with van der Waals surface area (Å²) in [5, 5.41) is 12.3. The van der Waals surface area contributed by atoms with Crippen molar-refractivity contribution in [2.24, 2.45) is 0 Å². The van der Waals surface area contributed by atoms with Crippen LogP contribution in [0.25, 0.3) is 0 Å². The van der Waals surface area contributed by atoms with E-state index >= 15 is 0 Å². The topological polar surface area (TPSA) is 55.8 Å². The van der Waals surface area contributed by atoms with Crippen molar-refractivity contribution in [3.05, 3.63) is 53.0 Å². The van der Waals surface area contributed by atoms with Crippen LogP contribution in [-0.2, 0) is 4.79 Å². The largest absolute Gasteiger partial charge is 0.508 e. The van der Waals surface area contributed by atoms with Crippen LogP contribution in [0, 0.1) is 0 Å². The molecule has 0 aromatic heterocycles. The number of amides is 1. The number of piperazine rings is 1. The van der Waals surface area contributed by atoms with Gasteiger partial charge in [0.05, 0.1) is 0 Å². The van der Waals surface area contributed by atoms with Crippen LogP contribution in [0.5, 0.6) is 5.75 Å². The second-order valence-corrected chi connectivity index (χ2v) is 7.07. The fourth-order valence-electron chi connectivity index (χ4n) is 2.91. The van der Waals surface area contributed by atoms with Gasteiger partial charge in [-0.2, -0.15) is 0 Å². The lowest BCUT2D eigenvalue weighted by Crippen LogP contribution is -2.47. The Labute approximate surface area is 156 Å². The second-order valence-electron chi connectivity index (χ2n) is 6.15. The van der Waals surface area contributed by atoms with Crippen LogP contribution in [0.15, 0.2) is 53.0 Å². The second kappa shape index (κ2) is 8.36. The first kappa shape index (κ1) is 17.8. The smallest absolute Gasteiger partial charge is 0.225 e. The maximum Gasteiger partial charge on any atom is 0.225 e. The Kier molecular flexibility index (Phi) is 5.94. The van der Waals surface area contributed by atoms with Crippen molar-refractivity contribution in [2.45, 2.75) is 6.42 Å². The van der Waals surface area contributed by atoms with Crippen molar-refractivity contribution in [3.63, 3.8) is 0 Å². The molecule has 1 fully saturated rings. The van der Waals surface area contributed by atoms with Crippen molar-refractivity contribution in [1.29, 1.82) is 0 Å². The summed E-state index contributed by atoms with van der Waals surface area (Å²) < 4.78 is 0.997. The Morgan fingerprint density at radius 1 is 1.00 bits per heavy atom. The summed E-state index contributed by atoms with van der Waals surface area (Å²) >= 11 is 3.38. The van der Waals surface area contributed by atoms with Crippen molar-refractivity contribution >= 4 is 33.2 Å². The molecule has 0 atom stereocenters. The van der Waals surface area contributed by atoms with E-state index in [9.17, 15) is 9.90 Å². The van der Waals surface area contributed by atoms with Crippen molar-refractivity contribution in [3.8, 4) is 5.75 Å². The van der Waals surface area contributed by atoms with E-state index in [1.165, 1.54) is 0 Å². The highest BCUT2D eigenvalue weighted by Crippen LogP contribution is 2.20. The lowest BCUT2D eigenvalue weighted by Gasteiger charge is -2.36. The molecule has 1 aliphatic rings. The summed E-state index contributed by atoms with van der Waals surface area (Å²) in [6.45, 7) is 4.50. The van der Waals surface area contributed by atoms with Gasteiger partial charge in [0.25, 0.3) is 0 Å². The molecular formula is C19H22BrN3O2. The number of rotatable bonds is 5. The summed E-state index contributed by atoms with van der Waals surface area (Å²) in [5.41, 5.74) is 1.95. The van der Waals surface area contributed by atoms with E-state index < -0.39 is 0 Å². The minimum Gasteiger partial charge on any atom is -0.508 e. The first-order valence-corrected chi connectivity index (χ1v) is 9.21. The minimum atomic E-state index is 0.0447. The number of carbonyl (C=O) groups excluding carboxylic acids is 1. The predicted octanol–water partition coefficient (Wildman–Crippen LogP) is 3.31. The molecule has 6 heteroatoms. The van der Waals surface area contributed by atoms with Crippen LogP contribution in [0.4, 0.5) is 11.4 Å². The molecule has 5 nitrogen and oxygen atoms in total. The van der Waals surface area contributed by atoms with E-state index in [-0.39, 0.29) is 5.91 Å². The number of aromatic hydroxyl groups is 1. The molecule has 1 amide bonds. The Balaban J connectivity index is 1.40. The first-order valence-electron chi connectivity index (χ1n) is 8.42. The summed E-state index contributed by atoms with van der Waals surface area (Å²) in [4.78, 5) is 16.7. The summed E-state index contributed by atoms with van der Waals surface area (Å²) in [7, 11) is 0. The Morgan fingerprint density at radius 2 is 1.64 bits per heavy atom. The van der Waals surface area contributed by atoms with Crippen LogP contribution >= 0.6 is 15.9 Å².